The van der Waals surface area contributed by atoms with Crippen molar-refractivity contribution in [3.63, 3.8) is 0 Å². The minimum absolute atomic E-state index is 0.280. The van der Waals surface area contributed by atoms with E-state index in [4.69, 9.17) is 16.3 Å². The Kier molecular flexibility index (Phi) is 3.99. The van der Waals surface area contributed by atoms with E-state index < -0.39 is 0 Å². The van der Waals surface area contributed by atoms with E-state index in [9.17, 15) is 0 Å². The first kappa shape index (κ1) is 11.4. The SMILES string of the molecule is CNC(c1ccc(Cl)s1)C1COCCN1. The molecule has 1 saturated heterocycles. The molecule has 1 fully saturated rings. The van der Waals surface area contributed by atoms with Crippen molar-refractivity contribution in [1.82, 2.24) is 10.6 Å². The Morgan fingerprint density at radius 3 is 3.07 bits per heavy atom. The van der Waals surface area contributed by atoms with Crippen LogP contribution in [0.3, 0.4) is 0 Å². The van der Waals surface area contributed by atoms with Crippen LogP contribution in [0.4, 0.5) is 0 Å². The van der Waals surface area contributed by atoms with Gasteiger partial charge in [-0.15, -0.1) is 11.3 Å². The van der Waals surface area contributed by atoms with E-state index in [1.54, 1.807) is 11.3 Å². The van der Waals surface area contributed by atoms with E-state index in [2.05, 4.69) is 16.7 Å². The first-order valence-corrected chi connectivity index (χ1v) is 6.24. The number of rotatable bonds is 3. The molecule has 0 aliphatic carbocycles. The van der Waals surface area contributed by atoms with Gasteiger partial charge < -0.3 is 15.4 Å². The smallest absolute Gasteiger partial charge is 0.0931 e. The molecule has 0 saturated carbocycles. The van der Waals surface area contributed by atoms with E-state index in [0.717, 1.165) is 24.1 Å². The third-order valence-corrected chi connectivity index (χ3v) is 3.88. The maximum Gasteiger partial charge on any atom is 0.0931 e. The summed E-state index contributed by atoms with van der Waals surface area (Å²) in [5.41, 5.74) is 0. The summed E-state index contributed by atoms with van der Waals surface area (Å²) in [6, 6.07) is 4.63. The maximum atomic E-state index is 5.94. The lowest BCUT2D eigenvalue weighted by Crippen LogP contribution is -2.48. The van der Waals surface area contributed by atoms with Gasteiger partial charge in [0.05, 0.1) is 29.6 Å². The van der Waals surface area contributed by atoms with Gasteiger partial charge in [-0.25, -0.2) is 0 Å². The Bertz CT molecular complexity index is 312. The number of halogens is 1. The fourth-order valence-corrected chi connectivity index (χ4v) is 3.07. The normalized spacial score (nSPS) is 24.0. The van der Waals surface area contributed by atoms with Crippen molar-refractivity contribution in [1.29, 1.82) is 0 Å². The number of thiophene rings is 1. The molecule has 2 N–H and O–H groups in total. The van der Waals surface area contributed by atoms with Crippen LogP contribution in [0.1, 0.15) is 10.9 Å². The number of ether oxygens (including phenoxy) is 1. The van der Waals surface area contributed by atoms with Gasteiger partial charge in [-0.1, -0.05) is 11.6 Å². The lowest BCUT2D eigenvalue weighted by atomic mass is 10.1. The zero-order chi connectivity index (χ0) is 10.7. The molecule has 0 spiro atoms. The van der Waals surface area contributed by atoms with Crippen molar-refractivity contribution in [3.8, 4) is 0 Å². The summed E-state index contributed by atoms with van der Waals surface area (Å²) in [6.07, 6.45) is 0. The van der Waals surface area contributed by atoms with Gasteiger partial charge in [0.25, 0.3) is 0 Å². The van der Waals surface area contributed by atoms with E-state index in [1.807, 2.05) is 13.1 Å². The second kappa shape index (κ2) is 5.27. The summed E-state index contributed by atoms with van der Waals surface area (Å²) in [5.74, 6) is 0. The number of morpholine rings is 1. The van der Waals surface area contributed by atoms with Gasteiger partial charge in [0, 0.05) is 11.4 Å². The summed E-state index contributed by atoms with van der Waals surface area (Å²) < 4.78 is 6.30. The summed E-state index contributed by atoms with van der Waals surface area (Å²) >= 11 is 7.56. The van der Waals surface area contributed by atoms with Crippen LogP contribution in [0.15, 0.2) is 12.1 Å². The predicted molar refractivity (Wildman–Crippen MR) is 63.7 cm³/mol. The van der Waals surface area contributed by atoms with Gasteiger partial charge in [-0.3, -0.25) is 0 Å². The molecule has 0 radical (unpaired) electrons. The fraction of sp³-hybridized carbons (Fsp3) is 0.600. The molecule has 1 aromatic heterocycles. The predicted octanol–water partition coefficient (Wildman–Crippen LogP) is 1.65. The third-order valence-electron chi connectivity index (χ3n) is 2.56. The molecule has 0 amide bonds. The second-order valence-corrected chi connectivity index (χ2v) is 5.29. The molecule has 1 aromatic rings. The van der Waals surface area contributed by atoms with Gasteiger partial charge >= 0.3 is 0 Å². The molecule has 2 heterocycles. The Morgan fingerprint density at radius 2 is 2.53 bits per heavy atom. The zero-order valence-corrected chi connectivity index (χ0v) is 10.2. The summed E-state index contributed by atoms with van der Waals surface area (Å²) in [6.45, 7) is 2.47. The van der Waals surface area contributed by atoms with Gasteiger partial charge in [0.15, 0.2) is 0 Å². The van der Waals surface area contributed by atoms with Crippen molar-refractivity contribution in [2.24, 2.45) is 0 Å². The van der Waals surface area contributed by atoms with Crippen LogP contribution < -0.4 is 10.6 Å². The summed E-state index contributed by atoms with van der Waals surface area (Å²) in [5, 5.41) is 6.76. The van der Waals surface area contributed by atoms with Gasteiger partial charge in [-0.2, -0.15) is 0 Å². The van der Waals surface area contributed by atoms with Crippen LogP contribution in [0.25, 0.3) is 0 Å². The van der Waals surface area contributed by atoms with Crippen LogP contribution >= 0.6 is 22.9 Å². The molecule has 3 nitrogen and oxygen atoms in total. The van der Waals surface area contributed by atoms with Crippen molar-refractivity contribution in [2.75, 3.05) is 26.8 Å². The van der Waals surface area contributed by atoms with Crippen molar-refractivity contribution < 1.29 is 4.74 Å². The molecule has 1 aliphatic rings. The molecule has 2 unspecified atom stereocenters. The van der Waals surface area contributed by atoms with Crippen LogP contribution in [0.2, 0.25) is 4.34 Å². The number of likely N-dealkylation sites (N-methyl/N-ethyl adjacent to an activating group) is 1. The molecular weight excluding hydrogens is 232 g/mol. The van der Waals surface area contributed by atoms with Crippen LogP contribution in [0, 0.1) is 0 Å². The lowest BCUT2D eigenvalue weighted by molar-refractivity contribution is 0.0650. The summed E-state index contributed by atoms with van der Waals surface area (Å²) in [4.78, 5) is 1.26. The van der Waals surface area contributed by atoms with Crippen LogP contribution in [0.5, 0.6) is 0 Å². The average molecular weight is 247 g/mol. The largest absolute Gasteiger partial charge is 0.378 e. The van der Waals surface area contributed by atoms with Crippen LogP contribution in [-0.4, -0.2) is 32.8 Å². The molecule has 1 aliphatic heterocycles. The van der Waals surface area contributed by atoms with Crippen molar-refractivity contribution in [2.45, 2.75) is 12.1 Å². The molecule has 84 valence electrons. The van der Waals surface area contributed by atoms with Gasteiger partial charge in [-0.05, 0) is 19.2 Å². The third kappa shape index (κ3) is 2.71. The first-order valence-electron chi connectivity index (χ1n) is 5.05. The van der Waals surface area contributed by atoms with E-state index in [0.29, 0.717) is 6.04 Å². The minimum atomic E-state index is 0.280. The Labute approximate surface area is 98.8 Å². The van der Waals surface area contributed by atoms with E-state index in [-0.39, 0.29) is 6.04 Å². The standard InChI is InChI=1S/C10H15ClN2OS/c1-12-10(7-6-14-5-4-13-7)8-2-3-9(11)15-8/h2-3,7,10,12-13H,4-6H2,1H3. The zero-order valence-electron chi connectivity index (χ0n) is 8.63. The molecule has 15 heavy (non-hydrogen) atoms. The highest BCUT2D eigenvalue weighted by Crippen LogP contribution is 2.29. The Morgan fingerprint density at radius 1 is 1.67 bits per heavy atom. The van der Waals surface area contributed by atoms with E-state index >= 15 is 0 Å². The Hall–Kier alpha value is -0.130. The topological polar surface area (TPSA) is 33.3 Å². The molecule has 2 atom stereocenters. The van der Waals surface area contributed by atoms with Gasteiger partial charge in [0.1, 0.15) is 0 Å². The lowest BCUT2D eigenvalue weighted by Gasteiger charge is -2.30. The number of nitrogens with one attached hydrogen (secondary N) is 2. The highest BCUT2D eigenvalue weighted by molar-refractivity contribution is 7.16. The quantitative estimate of drug-likeness (QED) is 0.851. The Balaban J connectivity index is 2.08. The second-order valence-electron chi connectivity index (χ2n) is 3.54. The minimum Gasteiger partial charge on any atom is -0.378 e. The highest BCUT2D eigenvalue weighted by atomic mass is 35.5. The number of hydrogen-bond acceptors (Lipinski definition) is 4. The molecule has 0 bridgehead atoms. The molecule has 5 heteroatoms. The van der Waals surface area contributed by atoms with Crippen molar-refractivity contribution in [3.05, 3.63) is 21.3 Å². The van der Waals surface area contributed by atoms with Crippen LogP contribution in [-0.2, 0) is 4.74 Å². The fourth-order valence-electron chi connectivity index (χ4n) is 1.84. The molecule has 0 aromatic carbocycles. The summed E-state index contributed by atoms with van der Waals surface area (Å²) in [7, 11) is 1.97. The highest BCUT2D eigenvalue weighted by Gasteiger charge is 2.24. The monoisotopic (exact) mass is 246 g/mol. The maximum absolute atomic E-state index is 5.94. The number of hydrogen-bond donors (Lipinski definition) is 2. The molecular formula is C10H15ClN2OS. The van der Waals surface area contributed by atoms with Crippen molar-refractivity contribution >= 4 is 22.9 Å². The first-order chi connectivity index (χ1) is 7.31. The van der Waals surface area contributed by atoms with Gasteiger partial charge in [0.2, 0.25) is 0 Å². The van der Waals surface area contributed by atoms with E-state index in [1.165, 1.54) is 4.88 Å². The average Bonchev–Trinajstić information content (AvgIpc) is 2.68. The molecule has 2 rings (SSSR count).